The molecule has 0 aromatic carbocycles. The van der Waals surface area contributed by atoms with E-state index in [-0.39, 0.29) is 5.60 Å². The molecule has 2 aliphatic heterocycles. The smallest absolute Gasteiger partial charge is 0.0939 e. The van der Waals surface area contributed by atoms with Crippen LogP contribution in [0.25, 0.3) is 0 Å². The van der Waals surface area contributed by atoms with Gasteiger partial charge in [0.1, 0.15) is 0 Å². The van der Waals surface area contributed by atoms with Crippen molar-refractivity contribution >= 4 is 0 Å². The zero-order valence-corrected chi connectivity index (χ0v) is 12.6. The third-order valence-electron chi connectivity index (χ3n) is 4.65. The Morgan fingerprint density at radius 1 is 1.37 bits per heavy atom. The van der Waals surface area contributed by atoms with Crippen molar-refractivity contribution in [3.63, 3.8) is 0 Å². The van der Waals surface area contributed by atoms with Crippen molar-refractivity contribution in [3.8, 4) is 0 Å². The lowest BCUT2D eigenvalue weighted by Gasteiger charge is -2.42. The molecule has 2 fully saturated rings. The average molecular weight is 271 g/mol. The fourth-order valence-electron chi connectivity index (χ4n) is 3.64. The number of rotatable bonds is 6. The molecule has 112 valence electrons. The molecule has 0 amide bonds. The summed E-state index contributed by atoms with van der Waals surface area (Å²) in [7, 11) is 1.83. The van der Waals surface area contributed by atoms with Gasteiger partial charge in [-0.2, -0.15) is 0 Å². The summed E-state index contributed by atoms with van der Waals surface area (Å²) in [5.41, 5.74) is -0.0113. The van der Waals surface area contributed by atoms with E-state index in [0.29, 0.717) is 18.1 Å². The predicted octanol–water partition coefficient (Wildman–Crippen LogP) is 1.98. The van der Waals surface area contributed by atoms with Crippen LogP contribution in [0.3, 0.4) is 0 Å². The van der Waals surface area contributed by atoms with Gasteiger partial charge in [0.15, 0.2) is 0 Å². The molecular formula is C15H29NO3. The van der Waals surface area contributed by atoms with Gasteiger partial charge < -0.3 is 19.5 Å². The molecule has 0 aromatic heterocycles. The molecule has 1 spiro atoms. The number of likely N-dealkylation sites (N-methyl/N-ethyl adjacent to an activating group) is 1. The van der Waals surface area contributed by atoms with E-state index >= 15 is 0 Å². The van der Waals surface area contributed by atoms with Crippen LogP contribution in [-0.2, 0) is 14.2 Å². The van der Waals surface area contributed by atoms with Crippen LogP contribution in [0.5, 0.6) is 0 Å². The molecule has 4 heteroatoms. The van der Waals surface area contributed by atoms with E-state index in [0.717, 1.165) is 52.0 Å². The molecule has 1 N–H and O–H groups in total. The van der Waals surface area contributed by atoms with Crippen molar-refractivity contribution < 1.29 is 14.2 Å². The van der Waals surface area contributed by atoms with E-state index in [1.807, 2.05) is 7.11 Å². The maximum Gasteiger partial charge on any atom is 0.0939 e. The standard InChI is InChI=1S/C15H29NO3/c1-4-13(17-3)14(16-5-2)12-6-8-19-15(10-12)7-9-18-11-15/h12-14,16H,4-11H2,1-3H3. The summed E-state index contributed by atoms with van der Waals surface area (Å²) in [6, 6.07) is 0.432. The van der Waals surface area contributed by atoms with Gasteiger partial charge >= 0.3 is 0 Å². The molecule has 4 unspecified atom stereocenters. The van der Waals surface area contributed by atoms with E-state index < -0.39 is 0 Å². The summed E-state index contributed by atoms with van der Waals surface area (Å²) in [6.45, 7) is 7.84. The predicted molar refractivity (Wildman–Crippen MR) is 75.4 cm³/mol. The minimum Gasteiger partial charge on any atom is -0.380 e. The van der Waals surface area contributed by atoms with Crippen LogP contribution in [0, 0.1) is 5.92 Å². The first-order valence-electron chi connectivity index (χ1n) is 7.72. The van der Waals surface area contributed by atoms with Gasteiger partial charge in [-0.25, -0.2) is 0 Å². The lowest BCUT2D eigenvalue weighted by Crippen LogP contribution is -2.52. The molecule has 2 saturated heterocycles. The molecule has 0 saturated carbocycles. The Morgan fingerprint density at radius 2 is 2.21 bits per heavy atom. The summed E-state index contributed by atoms with van der Waals surface area (Å²) in [4.78, 5) is 0. The van der Waals surface area contributed by atoms with Gasteiger partial charge in [-0.3, -0.25) is 0 Å². The SMILES string of the molecule is CCNC(C1CCOC2(CCOC2)C1)C(CC)OC. The van der Waals surface area contributed by atoms with Crippen LogP contribution in [0.4, 0.5) is 0 Å². The molecule has 2 rings (SSSR count). The van der Waals surface area contributed by atoms with Crippen LogP contribution in [0.15, 0.2) is 0 Å². The monoisotopic (exact) mass is 271 g/mol. The molecule has 0 aromatic rings. The Labute approximate surface area is 117 Å². The Bertz CT molecular complexity index is 262. The normalized spacial score (nSPS) is 34.6. The second kappa shape index (κ2) is 7.02. The summed E-state index contributed by atoms with van der Waals surface area (Å²) in [5.74, 6) is 0.625. The van der Waals surface area contributed by atoms with E-state index in [9.17, 15) is 0 Å². The summed E-state index contributed by atoms with van der Waals surface area (Å²) in [5, 5.41) is 3.64. The number of hydrogen-bond donors (Lipinski definition) is 1. The van der Waals surface area contributed by atoms with Crippen LogP contribution >= 0.6 is 0 Å². The first-order chi connectivity index (χ1) is 9.24. The van der Waals surface area contributed by atoms with E-state index in [1.54, 1.807) is 0 Å². The summed E-state index contributed by atoms with van der Waals surface area (Å²) in [6.07, 6.45) is 4.62. The number of ether oxygens (including phenoxy) is 3. The Morgan fingerprint density at radius 3 is 2.79 bits per heavy atom. The topological polar surface area (TPSA) is 39.7 Å². The second-order valence-electron chi connectivity index (χ2n) is 5.85. The Kier molecular flexibility index (Phi) is 5.63. The van der Waals surface area contributed by atoms with Crippen molar-refractivity contribution in [3.05, 3.63) is 0 Å². The molecule has 4 atom stereocenters. The summed E-state index contributed by atoms with van der Waals surface area (Å²) < 4.78 is 17.3. The largest absolute Gasteiger partial charge is 0.380 e. The van der Waals surface area contributed by atoms with Gasteiger partial charge in [0.05, 0.1) is 18.3 Å². The average Bonchev–Trinajstić information content (AvgIpc) is 2.87. The number of hydrogen-bond acceptors (Lipinski definition) is 4. The lowest BCUT2D eigenvalue weighted by molar-refractivity contribution is -0.111. The fourth-order valence-corrected chi connectivity index (χ4v) is 3.64. The van der Waals surface area contributed by atoms with Crippen LogP contribution in [0.2, 0.25) is 0 Å². The van der Waals surface area contributed by atoms with Gasteiger partial charge in [-0.05, 0) is 31.7 Å². The Hall–Kier alpha value is -0.160. The maximum atomic E-state index is 6.04. The number of methoxy groups -OCH3 is 1. The van der Waals surface area contributed by atoms with Gasteiger partial charge in [-0.15, -0.1) is 0 Å². The van der Waals surface area contributed by atoms with Crippen LogP contribution in [0.1, 0.15) is 39.5 Å². The van der Waals surface area contributed by atoms with Gasteiger partial charge in [-0.1, -0.05) is 13.8 Å². The highest BCUT2D eigenvalue weighted by Gasteiger charge is 2.44. The molecule has 0 radical (unpaired) electrons. The molecule has 0 bridgehead atoms. The van der Waals surface area contributed by atoms with Crippen molar-refractivity contribution in [2.45, 2.75) is 57.3 Å². The van der Waals surface area contributed by atoms with Crippen molar-refractivity contribution in [2.75, 3.05) is 33.5 Å². The third kappa shape index (κ3) is 3.48. The highest BCUT2D eigenvalue weighted by molar-refractivity contribution is 4.95. The van der Waals surface area contributed by atoms with Gasteiger partial charge in [0, 0.05) is 32.8 Å². The zero-order chi connectivity index (χ0) is 13.7. The van der Waals surface area contributed by atoms with E-state index in [4.69, 9.17) is 14.2 Å². The highest BCUT2D eigenvalue weighted by Crippen LogP contribution is 2.38. The van der Waals surface area contributed by atoms with E-state index in [1.165, 1.54) is 0 Å². The lowest BCUT2D eigenvalue weighted by atomic mass is 9.79. The molecular weight excluding hydrogens is 242 g/mol. The van der Waals surface area contributed by atoms with E-state index in [2.05, 4.69) is 19.2 Å². The third-order valence-corrected chi connectivity index (χ3v) is 4.65. The highest BCUT2D eigenvalue weighted by atomic mass is 16.6. The number of nitrogens with one attached hydrogen (secondary N) is 1. The van der Waals surface area contributed by atoms with Crippen molar-refractivity contribution in [1.82, 2.24) is 5.32 Å². The molecule has 19 heavy (non-hydrogen) atoms. The first-order valence-corrected chi connectivity index (χ1v) is 7.72. The zero-order valence-electron chi connectivity index (χ0n) is 12.6. The van der Waals surface area contributed by atoms with Crippen LogP contribution in [-0.4, -0.2) is 51.2 Å². The maximum absolute atomic E-state index is 6.04. The Balaban J connectivity index is 2.03. The quantitative estimate of drug-likeness (QED) is 0.802. The minimum atomic E-state index is -0.0113. The molecule has 2 aliphatic rings. The van der Waals surface area contributed by atoms with Crippen LogP contribution < -0.4 is 5.32 Å². The molecule has 2 heterocycles. The van der Waals surface area contributed by atoms with Crippen molar-refractivity contribution in [2.24, 2.45) is 5.92 Å². The van der Waals surface area contributed by atoms with Gasteiger partial charge in [0.25, 0.3) is 0 Å². The fraction of sp³-hybridized carbons (Fsp3) is 1.00. The van der Waals surface area contributed by atoms with Crippen molar-refractivity contribution in [1.29, 1.82) is 0 Å². The molecule has 0 aliphatic carbocycles. The summed E-state index contributed by atoms with van der Waals surface area (Å²) >= 11 is 0. The minimum absolute atomic E-state index is 0.0113. The van der Waals surface area contributed by atoms with Gasteiger partial charge in [0.2, 0.25) is 0 Å². The first kappa shape index (κ1) is 15.2. The second-order valence-corrected chi connectivity index (χ2v) is 5.85. The molecule has 4 nitrogen and oxygen atoms in total.